The van der Waals surface area contributed by atoms with Crippen LogP contribution in [0.2, 0.25) is 0 Å². The summed E-state index contributed by atoms with van der Waals surface area (Å²) in [5.74, 6) is 2.91. The summed E-state index contributed by atoms with van der Waals surface area (Å²) >= 11 is 0. The van der Waals surface area contributed by atoms with Gasteiger partial charge in [0.2, 0.25) is 0 Å². The fraction of sp³-hybridized carbons (Fsp3) is 0.902. The number of rotatable bonds is 35. The first-order valence-electron chi connectivity index (χ1n) is 20.3. The Bertz CT molecular complexity index is 649. The van der Waals surface area contributed by atoms with Crippen molar-refractivity contribution in [2.45, 2.75) is 239 Å². The van der Waals surface area contributed by atoms with Crippen LogP contribution < -0.4 is 0 Å². The average molecular weight is 613 g/mol. The molecular formula is C41H78N3. The molecule has 257 valence electrons. The molecule has 0 unspecified atom stereocenters. The Balaban J connectivity index is 1.97. The van der Waals surface area contributed by atoms with Crippen LogP contribution in [0.15, 0.2) is 0 Å². The van der Waals surface area contributed by atoms with E-state index in [2.05, 4.69) is 13.8 Å². The van der Waals surface area contributed by atoms with Gasteiger partial charge in [0, 0.05) is 19.3 Å². The second kappa shape index (κ2) is 33.4. The number of aromatic nitrogens is 3. The monoisotopic (exact) mass is 613 g/mol. The highest BCUT2D eigenvalue weighted by molar-refractivity contribution is 5.04. The average Bonchev–Trinajstić information content (AvgIpc) is 3.04. The zero-order valence-electron chi connectivity index (χ0n) is 30.5. The molecule has 0 aliphatic heterocycles. The predicted molar refractivity (Wildman–Crippen MR) is 195 cm³/mol. The Hall–Kier alpha value is -0.990. The number of hydrogen-bond donors (Lipinski definition) is 0. The van der Waals surface area contributed by atoms with E-state index in [1.165, 1.54) is 205 Å². The molecule has 1 aromatic heterocycles. The minimum Gasteiger partial charge on any atom is -0.218 e. The normalized spacial score (nSPS) is 11.5. The molecule has 0 spiro atoms. The Morgan fingerprint density at radius 3 is 0.773 bits per heavy atom. The van der Waals surface area contributed by atoms with Crippen LogP contribution in [-0.4, -0.2) is 15.0 Å². The lowest BCUT2D eigenvalue weighted by atomic mass is 10.0. The molecule has 1 heterocycles. The van der Waals surface area contributed by atoms with Crippen LogP contribution in [0.3, 0.4) is 0 Å². The maximum Gasteiger partial charge on any atom is 0.136 e. The van der Waals surface area contributed by atoms with Crippen molar-refractivity contribution in [2.75, 3.05) is 0 Å². The minimum absolute atomic E-state index is 0.873. The molecule has 1 radical (unpaired) electrons. The van der Waals surface area contributed by atoms with E-state index in [0.29, 0.717) is 0 Å². The molecule has 0 aromatic carbocycles. The van der Waals surface area contributed by atoms with Crippen LogP contribution >= 0.6 is 0 Å². The van der Waals surface area contributed by atoms with Gasteiger partial charge in [-0.1, -0.05) is 213 Å². The molecule has 0 aliphatic carbocycles. The third-order valence-electron chi connectivity index (χ3n) is 9.51. The van der Waals surface area contributed by atoms with Crippen molar-refractivity contribution in [3.05, 3.63) is 23.9 Å². The highest BCUT2D eigenvalue weighted by Gasteiger charge is 2.06. The van der Waals surface area contributed by atoms with Crippen molar-refractivity contribution in [1.82, 2.24) is 15.0 Å². The quantitative estimate of drug-likeness (QED) is 0.0716. The van der Waals surface area contributed by atoms with Crippen LogP contribution in [0, 0.1) is 6.42 Å². The highest BCUT2D eigenvalue weighted by atomic mass is 15.0. The molecule has 3 heteroatoms. The summed E-state index contributed by atoms with van der Waals surface area (Å²) in [7, 11) is 0. The van der Waals surface area contributed by atoms with Crippen LogP contribution in [-0.2, 0) is 12.8 Å². The summed E-state index contributed by atoms with van der Waals surface area (Å²) in [5.41, 5.74) is 0. The van der Waals surface area contributed by atoms with Gasteiger partial charge in [0.05, 0.1) is 0 Å². The topological polar surface area (TPSA) is 38.7 Å². The van der Waals surface area contributed by atoms with Gasteiger partial charge in [-0.3, -0.25) is 0 Å². The molecule has 1 aromatic rings. The molecule has 0 bridgehead atoms. The number of unbranched alkanes of at least 4 members (excludes halogenated alkanes) is 30. The van der Waals surface area contributed by atoms with Gasteiger partial charge in [-0.15, -0.1) is 0 Å². The van der Waals surface area contributed by atoms with Gasteiger partial charge >= 0.3 is 0 Å². The number of hydrogen-bond acceptors (Lipinski definition) is 3. The molecule has 0 aliphatic rings. The molecular weight excluding hydrogens is 534 g/mol. The largest absolute Gasteiger partial charge is 0.218 e. The minimum atomic E-state index is 0.873. The van der Waals surface area contributed by atoms with Crippen LogP contribution in [0.1, 0.15) is 244 Å². The van der Waals surface area contributed by atoms with E-state index in [-0.39, 0.29) is 0 Å². The molecule has 44 heavy (non-hydrogen) atoms. The van der Waals surface area contributed by atoms with Gasteiger partial charge < -0.3 is 0 Å². The van der Waals surface area contributed by atoms with E-state index >= 15 is 0 Å². The first-order chi connectivity index (χ1) is 21.8. The standard InChI is InChI=1S/C41H78N3/c1-4-7-9-11-13-15-17-19-21-23-25-27-29-31-33-35-37-40-42-39(6-3)43-41(44-40)38-36-34-32-30-28-26-24-22-20-18-16-14-12-10-8-5-2/h6H,4-5,7-38H2,1-3H3. The van der Waals surface area contributed by atoms with Crippen molar-refractivity contribution in [3.63, 3.8) is 0 Å². The molecule has 0 N–H and O–H groups in total. The zero-order chi connectivity index (χ0) is 31.6. The summed E-state index contributed by atoms with van der Waals surface area (Å²) in [6.07, 6.45) is 49.2. The van der Waals surface area contributed by atoms with Gasteiger partial charge in [-0.2, -0.15) is 0 Å². The molecule has 3 nitrogen and oxygen atoms in total. The van der Waals surface area contributed by atoms with Gasteiger partial charge in [-0.25, -0.2) is 15.0 Å². The summed E-state index contributed by atoms with van der Waals surface area (Å²) in [4.78, 5) is 14.3. The maximum absolute atomic E-state index is 4.85. The van der Waals surface area contributed by atoms with Crippen molar-refractivity contribution in [2.24, 2.45) is 0 Å². The predicted octanol–water partition coefficient (Wildman–Crippen LogP) is 14.1. The molecule has 0 saturated carbocycles. The molecule has 1 rings (SSSR count). The summed E-state index contributed by atoms with van der Waals surface area (Å²) in [5, 5.41) is 0. The van der Waals surface area contributed by atoms with Gasteiger partial charge in [0.15, 0.2) is 0 Å². The van der Waals surface area contributed by atoms with E-state index in [1.807, 2.05) is 13.3 Å². The van der Waals surface area contributed by atoms with E-state index in [1.54, 1.807) is 0 Å². The number of aryl methyl sites for hydroxylation is 2. The van der Waals surface area contributed by atoms with Crippen LogP contribution in [0.5, 0.6) is 0 Å². The van der Waals surface area contributed by atoms with Crippen LogP contribution in [0.4, 0.5) is 0 Å². The summed E-state index contributed by atoms with van der Waals surface area (Å²) in [6.45, 7) is 6.65. The second-order valence-corrected chi connectivity index (χ2v) is 13.9. The van der Waals surface area contributed by atoms with Crippen molar-refractivity contribution in [3.8, 4) is 0 Å². The van der Waals surface area contributed by atoms with E-state index < -0.39 is 0 Å². The Morgan fingerprint density at radius 2 is 0.545 bits per heavy atom. The maximum atomic E-state index is 4.85. The third-order valence-corrected chi connectivity index (χ3v) is 9.51. The summed E-state index contributed by atoms with van der Waals surface area (Å²) in [6, 6.07) is 0. The van der Waals surface area contributed by atoms with Crippen LogP contribution in [0.25, 0.3) is 0 Å². The zero-order valence-corrected chi connectivity index (χ0v) is 30.5. The van der Waals surface area contributed by atoms with Gasteiger partial charge in [-0.05, 0) is 12.8 Å². The smallest absolute Gasteiger partial charge is 0.136 e. The summed E-state index contributed by atoms with van der Waals surface area (Å²) < 4.78 is 0. The van der Waals surface area contributed by atoms with E-state index in [9.17, 15) is 0 Å². The molecule has 0 saturated heterocycles. The Labute approximate surface area is 277 Å². The van der Waals surface area contributed by atoms with Crippen molar-refractivity contribution < 1.29 is 0 Å². The molecule has 0 atom stereocenters. The molecule has 0 fully saturated rings. The lowest BCUT2D eigenvalue weighted by Crippen LogP contribution is -2.07. The lowest BCUT2D eigenvalue weighted by Gasteiger charge is -2.07. The van der Waals surface area contributed by atoms with E-state index in [4.69, 9.17) is 15.0 Å². The fourth-order valence-electron chi connectivity index (χ4n) is 6.50. The SMILES string of the molecule is C[CH]c1nc(CCCCCCCCCCCCCCCCCC)nc(CCCCCCCCCCCCCCCCCC)n1. The fourth-order valence-corrected chi connectivity index (χ4v) is 6.50. The third kappa shape index (κ3) is 27.3. The van der Waals surface area contributed by atoms with E-state index in [0.717, 1.165) is 30.3 Å². The number of nitrogens with zero attached hydrogens (tertiary/aromatic N) is 3. The lowest BCUT2D eigenvalue weighted by molar-refractivity contribution is 0.527. The first-order valence-corrected chi connectivity index (χ1v) is 20.3. The second-order valence-electron chi connectivity index (χ2n) is 13.9. The highest BCUT2D eigenvalue weighted by Crippen LogP contribution is 2.16. The van der Waals surface area contributed by atoms with Crippen molar-refractivity contribution >= 4 is 0 Å². The molecule has 0 amide bonds. The Kier molecular flexibility index (Phi) is 31.1. The van der Waals surface area contributed by atoms with Gasteiger partial charge in [0.1, 0.15) is 17.5 Å². The Morgan fingerprint density at radius 1 is 0.318 bits per heavy atom. The first kappa shape index (κ1) is 41.0. The van der Waals surface area contributed by atoms with Gasteiger partial charge in [0.25, 0.3) is 0 Å². The van der Waals surface area contributed by atoms with Crippen molar-refractivity contribution in [1.29, 1.82) is 0 Å².